The van der Waals surface area contributed by atoms with Gasteiger partial charge in [0.2, 0.25) is 10.0 Å². The lowest BCUT2D eigenvalue weighted by Crippen LogP contribution is -2.40. The fraction of sp³-hybridized carbons (Fsp3) is 0.364. The Bertz CT molecular complexity index is 1090. The van der Waals surface area contributed by atoms with Gasteiger partial charge in [0.25, 0.3) is 11.8 Å². The van der Waals surface area contributed by atoms with Crippen molar-refractivity contribution in [3.63, 3.8) is 0 Å². The molecule has 1 aliphatic carbocycles. The van der Waals surface area contributed by atoms with Crippen molar-refractivity contribution < 1.29 is 27.5 Å². The molecule has 0 unspecified atom stereocenters. The van der Waals surface area contributed by atoms with E-state index in [0.29, 0.717) is 43.3 Å². The zero-order valence-corrected chi connectivity index (χ0v) is 18.3. The summed E-state index contributed by atoms with van der Waals surface area (Å²) in [6.45, 7) is 1.02. The van der Waals surface area contributed by atoms with E-state index in [1.54, 1.807) is 36.4 Å². The highest BCUT2D eigenvalue weighted by Crippen LogP contribution is 2.22. The molecular formula is C22H25N3O6S. The van der Waals surface area contributed by atoms with E-state index >= 15 is 0 Å². The summed E-state index contributed by atoms with van der Waals surface area (Å²) in [6, 6.07) is 13.0. The number of hydrogen-bond donors (Lipinski definition) is 2. The van der Waals surface area contributed by atoms with Gasteiger partial charge in [-0.25, -0.2) is 8.42 Å². The number of amides is 2. The minimum Gasteiger partial charge on any atom is -0.484 e. The molecule has 170 valence electrons. The molecule has 1 heterocycles. The average molecular weight is 460 g/mol. The Hall–Kier alpha value is -2.95. The van der Waals surface area contributed by atoms with Crippen LogP contribution < -0.4 is 15.4 Å². The minimum absolute atomic E-state index is 0.104. The smallest absolute Gasteiger partial charge is 0.262 e. The van der Waals surface area contributed by atoms with Crippen molar-refractivity contribution in [2.45, 2.75) is 23.8 Å². The quantitative estimate of drug-likeness (QED) is 0.620. The number of anilines is 1. The number of ether oxygens (including phenoxy) is 2. The Morgan fingerprint density at radius 2 is 1.81 bits per heavy atom. The van der Waals surface area contributed by atoms with Crippen LogP contribution >= 0.6 is 0 Å². The van der Waals surface area contributed by atoms with Gasteiger partial charge in [0.1, 0.15) is 5.75 Å². The first-order valence-corrected chi connectivity index (χ1v) is 11.9. The van der Waals surface area contributed by atoms with Crippen molar-refractivity contribution in [3.8, 4) is 5.75 Å². The summed E-state index contributed by atoms with van der Waals surface area (Å²) >= 11 is 0. The molecule has 2 aliphatic rings. The monoisotopic (exact) mass is 459 g/mol. The summed E-state index contributed by atoms with van der Waals surface area (Å²) in [5, 5.41) is 5.55. The average Bonchev–Trinajstić information content (AvgIpc) is 3.63. The first kappa shape index (κ1) is 22.3. The summed E-state index contributed by atoms with van der Waals surface area (Å²) in [7, 11) is -3.66. The second kappa shape index (κ2) is 9.68. The van der Waals surface area contributed by atoms with Crippen LogP contribution in [0.15, 0.2) is 53.4 Å². The fourth-order valence-electron chi connectivity index (χ4n) is 3.24. The van der Waals surface area contributed by atoms with Crippen LogP contribution in [-0.2, 0) is 19.6 Å². The largest absolute Gasteiger partial charge is 0.484 e. The molecule has 2 aromatic rings. The van der Waals surface area contributed by atoms with Gasteiger partial charge >= 0.3 is 0 Å². The van der Waals surface area contributed by atoms with E-state index in [-0.39, 0.29) is 23.5 Å². The zero-order valence-electron chi connectivity index (χ0n) is 17.5. The van der Waals surface area contributed by atoms with E-state index in [4.69, 9.17) is 9.47 Å². The Morgan fingerprint density at radius 1 is 1.06 bits per heavy atom. The second-order valence-corrected chi connectivity index (χ2v) is 9.59. The molecule has 2 amide bonds. The third kappa shape index (κ3) is 5.64. The van der Waals surface area contributed by atoms with Crippen molar-refractivity contribution in [1.82, 2.24) is 9.62 Å². The van der Waals surface area contributed by atoms with Crippen molar-refractivity contribution in [1.29, 1.82) is 0 Å². The molecule has 0 atom stereocenters. The standard InChI is InChI=1S/C22H25N3O6S/c26-21(15-31-19-5-1-3-16(13-19)22(27)24-17-7-8-17)23-18-4-2-6-20(14-18)32(28,29)25-9-11-30-12-10-25/h1-6,13-14,17H,7-12,15H2,(H,23,26)(H,24,27). The van der Waals surface area contributed by atoms with E-state index < -0.39 is 15.9 Å². The number of benzene rings is 2. The SMILES string of the molecule is O=C(COc1cccc(C(=O)NC2CC2)c1)Nc1cccc(S(=O)(=O)N2CCOCC2)c1. The number of rotatable bonds is 8. The summed E-state index contributed by atoms with van der Waals surface area (Å²) in [5.41, 5.74) is 0.821. The molecule has 2 fully saturated rings. The van der Waals surface area contributed by atoms with Gasteiger partial charge in [-0.05, 0) is 49.2 Å². The maximum absolute atomic E-state index is 12.8. The first-order valence-electron chi connectivity index (χ1n) is 10.4. The second-order valence-electron chi connectivity index (χ2n) is 7.66. The highest BCUT2D eigenvalue weighted by atomic mass is 32.2. The van der Waals surface area contributed by atoms with Gasteiger partial charge in [0, 0.05) is 30.4 Å². The van der Waals surface area contributed by atoms with Crippen LogP contribution in [0.5, 0.6) is 5.75 Å². The maximum Gasteiger partial charge on any atom is 0.262 e. The molecule has 4 rings (SSSR count). The lowest BCUT2D eigenvalue weighted by molar-refractivity contribution is -0.118. The molecule has 0 spiro atoms. The summed E-state index contributed by atoms with van der Waals surface area (Å²) in [5.74, 6) is -0.216. The van der Waals surface area contributed by atoms with Crippen LogP contribution in [0.4, 0.5) is 5.69 Å². The normalized spacial score (nSPS) is 16.9. The Balaban J connectivity index is 1.34. The zero-order chi connectivity index (χ0) is 22.6. The number of morpholine rings is 1. The minimum atomic E-state index is -3.66. The van der Waals surface area contributed by atoms with Gasteiger partial charge in [-0.15, -0.1) is 0 Å². The lowest BCUT2D eigenvalue weighted by atomic mass is 10.2. The maximum atomic E-state index is 12.8. The van der Waals surface area contributed by atoms with Gasteiger partial charge in [0.15, 0.2) is 6.61 Å². The number of hydrogen-bond acceptors (Lipinski definition) is 6. The van der Waals surface area contributed by atoms with E-state index in [2.05, 4.69) is 10.6 Å². The van der Waals surface area contributed by atoms with E-state index in [1.807, 2.05) is 0 Å². The van der Waals surface area contributed by atoms with Gasteiger partial charge in [0.05, 0.1) is 18.1 Å². The summed E-state index contributed by atoms with van der Waals surface area (Å²) < 4.78 is 37.7. The molecule has 1 saturated heterocycles. The molecule has 2 N–H and O–H groups in total. The molecular weight excluding hydrogens is 434 g/mol. The highest BCUT2D eigenvalue weighted by molar-refractivity contribution is 7.89. The number of nitrogens with one attached hydrogen (secondary N) is 2. The van der Waals surface area contributed by atoms with E-state index in [9.17, 15) is 18.0 Å². The van der Waals surface area contributed by atoms with Crippen molar-refractivity contribution in [3.05, 3.63) is 54.1 Å². The third-order valence-corrected chi connectivity index (χ3v) is 7.00. The van der Waals surface area contributed by atoms with Crippen LogP contribution in [0.25, 0.3) is 0 Å². The highest BCUT2D eigenvalue weighted by Gasteiger charge is 2.26. The molecule has 32 heavy (non-hydrogen) atoms. The first-order chi connectivity index (χ1) is 15.4. The molecule has 1 aliphatic heterocycles. The molecule has 2 aromatic carbocycles. The predicted octanol–water partition coefficient (Wildman–Crippen LogP) is 1.62. The van der Waals surface area contributed by atoms with Gasteiger partial charge in [-0.2, -0.15) is 4.31 Å². The lowest BCUT2D eigenvalue weighted by Gasteiger charge is -2.26. The number of nitrogens with zero attached hydrogens (tertiary/aromatic N) is 1. The fourth-order valence-corrected chi connectivity index (χ4v) is 4.69. The van der Waals surface area contributed by atoms with Crippen LogP contribution in [0.3, 0.4) is 0 Å². The number of carbonyl (C=O) groups excluding carboxylic acids is 2. The van der Waals surface area contributed by atoms with E-state index in [0.717, 1.165) is 12.8 Å². The molecule has 9 nitrogen and oxygen atoms in total. The number of sulfonamides is 1. The van der Waals surface area contributed by atoms with Crippen LogP contribution in [0, 0.1) is 0 Å². The Labute approximate surface area is 186 Å². The molecule has 0 aromatic heterocycles. The van der Waals surface area contributed by atoms with Gasteiger partial charge in [-0.3, -0.25) is 9.59 Å². The Kier molecular flexibility index (Phi) is 6.73. The Morgan fingerprint density at radius 3 is 2.56 bits per heavy atom. The van der Waals surface area contributed by atoms with Crippen molar-refractivity contribution in [2.75, 3.05) is 38.2 Å². The molecule has 0 radical (unpaired) electrons. The molecule has 0 bridgehead atoms. The third-order valence-electron chi connectivity index (χ3n) is 5.10. The molecule has 10 heteroatoms. The summed E-state index contributed by atoms with van der Waals surface area (Å²) in [6.07, 6.45) is 1.99. The predicted molar refractivity (Wildman–Crippen MR) is 117 cm³/mol. The van der Waals surface area contributed by atoms with Gasteiger partial charge in [-0.1, -0.05) is 12.1 Å². The topological polar surface area (TPSA) is 114 Å². The summed E-state index contributed by atoms with van der Waals surface area (Å²) in [4.78, 5) is 24.6. The van der Waals surface area contributed by atoms with Crippen molar-refractivity contribution in [2.24, 2.45) is 0 Å². The van der Waals surface area contributed by atoms with E-state index in [1.165, 1.54) is 16.4 Å². The van der Waals surface area contributed by atoms with Gasteiger partial charge < -0.3 is 20.1 Å². The van der Waals surface area contributed by atoms with Crippen LogP contribution in [-0.4, -0.2) is 63.5 Å². The molecule has 1 saturated carbocycles. The van der Waals surface area contributed by atoms with Crippen LogP contribution in [0.2, 0.25) is 0 Å². The van der Waals surface area contributed by atoms with Crippen molar-refractivity contribution >= 4 is 27.5 Å². The van der Waals surface area contributed by atoms with Crippen LogP contribution in [0.1, 0.15) is 23.2 Å². The number of carbonyl (C=O) groups is 2.